The van der Waals surface area contributed by atoms with Crippen LogP contribution >= 0.6 is 0 Å². The molecule has 0 spiro atoms. The summed E-state index contributed by atoms with van der Waals surface area (Å²) in [7, 11) is 3.69. The van der Waals surface area contributed by atoms with Gasteiger partial charge in [0.05, 0.1) is 18.2 Å². The molecule has 1 aromatic rings. The molecule has 1 unspecified atom stereocenters. The molecule has 0 aliphatic carbocycles. The van der Waals surface area contributed by atoms with Gasteiger partial charge in [-0.25, -0.2) is 9.59 Å². The Labute approximate surface area is 174 Å². The van der Waals surface area contributed by atoms with Gasteiger partial charge in [-0.05, 0) is 43.5 Å². The predicted molar refractivity (Wildman–Crippen MR) is 116 cm³/mol. The number of hydrogen-bond donors (Lipinski definition) is 1. The van der Waals surface area contributed by atoms with Crippen molar-refractivity contribution in [3.8, 4) is 0 Å². The molecule has 1 aliphatic heterocycles. The summed E-state index contributed by atoms with van der Waals surface area (Å²) in [5, 5.41) is 2.98. The van der Waals surface area contributed by atoms with Crippen LogP contribution in [0, 0.1) is 0 Å². The van der Waals surface area contributed by atoms with E-state index in [1.165, 1.54) is 10.5 Å². The summed E-state index contributed by atoms with van der Waals surface area (Å²) in [6.45, 7) is 12.0. The van der Waals surface area contributed by atoms with E-state index in [0.29, 0.717) is 17.8 Å². The molecule has 1 heterocycles. The summed E-state index contributed by atoms with van der Waals surface area (Å²) in [6.07, 6.45) is 0.992. The van der Waals surface area contributed by atoms with E-state index in [4.69, 9.17) is 4.74 Å². The van der Waals surface area contributed by atoms with Gasteiger partial charge in [0.2, 0.25) is 0 Å². The number of amides is 2. The Hall–Kier alpha value is -2.34. The van der Waals surface area contributed by atoms with Crippen molar-refractivity contribution in [2.75, 3.05) is 33.8 Å². The Balaban J connectivity index is 2.53. The second-order valence-electron chi connectivity index (χ2n) is 8.63. The Bertz CT molecular complexity index is 763. The van der Waals surface area contributed by atoms with E-state index in [0.717, 1.165) is 18.5 Å². The summed E-state index contributed by atoms with van der Waals surface area (Å²) in [5.41, 5.74) is 3.29. The third-order valence-corrected chi connectivity index (χ3v) is 5.21. The zero-order chi connectivity index (χ0) is 21.8. The highest BCUT2D eigenvalue weighted by molar-refractivity contribution is 5.95. The summed E-state index contributed by atoms with van der Waals surface area (Å²) >= 11 is 0. The topological polar surface area (TPSA) is 61.9 Å². The third-order valence-electron chi connectivity index (χ3n) is 5.21. The lowest BCUT2D eigenvalue weighted by atomic mass is 9.85. The number of carbonyl (C=O) groups is 2. The van der Waals surface area contributed by atoms with Crippen LogP contribution in [0.3, 0.4) is 0 Å². The van der Waals surface area contributed by atoms with Crippen LogP contribution in [0.25, 0.3) is 0 Å². The average molecular weight is 402 g/mol. The maximum absolute atomic E-state index is 12.9. The van der Waals surface area contributed by atoms with Gasteiger partial charge in [-0.15, -0.1) is 0 Å². The van der Waals surface area contributed by atoms with Crippen molar-refractivity contribution in [2.45, 2.75) is 52.5 Å². The molecule has 160 valence electrons. The molecule has 29 heavy (non-hydrogen) atoms. The van der Waals surface area contributed by atoms with Crippen molar-refractivity contribution in [3.05, 3.63) is 46.7 Å². The lowest BCUT2D eigenvalue weighted by molar-refractivity contribution is -0.139. The van der Waals surface area contributed by atoms with Crippen LogP contribution in [-0.4, -0.2) is 55.6 Å². The molecule has 0 fully saturated rings. The maximum Gasteiger partial charge on any atom is 0.338 e. The summed E-state index contributed by atoms with van der Waals surface area (Å²) in [5.74, 6) is -0.385. The van der Waals surface area contributed by atoms with E-state index < -0.39 is 6.04 Å². The number of ether oxygens (including phenoxy) is 1. The molecule has 1 N–H and O–H groups in total. The molecule has 1 aliphatic rings. The number of nitrogens with zero attached hydrogens (tertiary/aromatic N) is 2. The standard InChI is InChI=1S/C23H35N3O3/c1-8-14-25(6)15-18-19(21(27)29-9-2)20(24-22(28)26(18)7)16-10-12-17(13-11-16)23(3,4)5/h10-13,20H,8-9,14-15H2,1-7H3,(H,24,28). The lowest BCUT2D eigenvalue weighted by Crippen LogP contribution is -2.49. The third kappa shape index (κ3) is 5.38. The molecule has 0 saturated carbocycles. The van der Waals surface area contributed by atoms with Gasteiger partial charge in [0.15, 0.2) is 0 Å². The number of hydrogen-bond acceptors (Lipinski definition) is 4. The number of likely N-dealkylation sites (N-methyl/N-ethyl adjacent to an activating group) is 2. The van der Waals surface area contributed by atoms with E-state index in [2.05, 4.69) is 50.0 Å². The maximum atomic E-state index is 12.9. The molecule has 1 aromatic carbocycles. The molecule has 1 atom stereocenters. The molecule has 2 amide bonds. The molecular formula is C23H35N3O3. The van der Waals surface area contributed by atoms with E-state index in [1.807, 2.05) is 19.2 Å². The van der Waals surface area contributed by atoms with Crippen LogP contribution in [0.15, 0.2) is 35.5 Å². The van der Waals surface area contributed by atoms with Gasteiger partial charge < -0.3 is 15.0 Å². The van der Waals surface area contributed by atoms with Crippen LogP contribution in [-0.2, 0) is 14.9 Å². The van der Waals surface area contributed by atoms with Gasteiger partial charge in [0.1, 0.15) is 0 Å². The first-order chi connectivity index (χ1) is 13.6. The quantitative estimate of drug-likeness (QED) is 0.705. The summed E-state index contributed by atoms with van der Waals surface area (Å²) < 4.78 is 5.37. The zero-order valence-electron chi connectivity index (χ0n) is 18.8. The van der Waals surface area contributed by atoms with Gasteiger partial charge in [-0.3, -0.25) is 4.90 Å². The fraction of sp³-hybridized carbons (Fsp3) is 0.565. The van der Waals surface area contributed by atoms with Crippen molar-refractivity contribution in [1.82, 2.24) is 15.1 Å². The molecule has 0 saturated heterocycles. The van der Waals surface area contributed by atoms with Gasteiger partial charge in [0, 0.05) is 19.3 Å². The van der Waals surface area contributed by atoms with Crippen LogP contribution in [0.1, 0.15) is 58.2 Å². The Morgan fingerprint density at radius 3 is 2.34 bits per heavy atom. The summed E-state index contributed by atoms with van der Waals surface area (Å²) in [4.78, 5) is 29.3. The number of nitrogens with one attached hydrogen (secondary N) is 1. The summed E-state index contributed by atoms with van der Waals surface area (Å²) in [6, 6.07) is 7.35. The minimum absolute atomic E-state index is 0.0302. The minimum Gasteiger partial charge on any atom is -0.463 e. The van der Waals surface area contributed by atoms with Crippen molar-refractivity contribution in [3.63, 3.8) is 0 Å². The lowest BCUT2D eigenvalue weighted by Gasteiger charge is -2.36. The number of esters is 1. The van der Waals surface area contributed by atoms with Crippen LogP contribution in [0.4, 0.5) is 4.79 Å². The molecule has 6 nitrogen and oxygen atoms in total. The number of carbonyl (C=O) groups excluding carboxylic acids is 2. The van der Waals surface area contributed by atoms with E-state index in [1.54, 1.807) is 14.0 Å². The van der Waals surface area contributed by atoms with Gasteiger partial charge in [0.25, 0.3) is 0 Å². The second-order valence-corrected chi connectivity index (χ2v) is 8.63. The van der Waals surface area contributed by atoms with Gasteiger partial charge >= 0.3 is 12.0 Å². The normalized spacial score (nSPS) is 17.6. The van der Waals surface area contributed by atoms with Crippen LogP contribution < -0.4 is 5.32 Å². The molecule has 0 bridgehead atoms. The molecule has 6 heteroatoms. The monoisotopic (exact) mass is 401 g/mol. The number of urea groups is 1. The molecular weight excluding hydrogens is 366 g/mol. The Kier molecular flexibility index (Phi) is 7.47. The molecule has 0 radical (unpaired) electrons. The number of rotatable bonds is 7. The fourth-order valence-electron chi connectivity index (χ4n) is 3.54. The predicted octanol–water partition coefficient (Wildman–Crippen LogP) is 3.84. The Morgan fingerprint density at radius 2 is 1.83 bits per heavy atom. The first-order valence-electron chi connectivity index (χ1n) is 10.3. The van der Waals surface area contributed by atoms with E-state index in [-0.39, 0.29) is 24.0 Å². The van der Waals surface area contributed by atoms with Gasteiger partial charge in [-0.1, -0.05) is 52.0 Å². The Morgan fingerprint density at radius 1 is 1.21 bits per heavy atom. The smallest absolute Gasteiger partial charge is 0.338 e. The second kappa shape index (κ2) is 9.44. The molecule has 2 rings (SSSR count). The minimum atomic E-state index is -0.531. The van der Waals surface area contributed by atoms with Gasteiger partial charge in [-0.2, -0.15) is 0 Å². The fourth-order valence-corrected chi connectivity index (χ4v) is 3.54. The van der Waals surface area contributed by atoms with Crippen molar-refractivity contribution in [2.24, 2.45) is 0 Å². The van der Waals surface area contributed by atoms with Crippen molar-refractivity contribution in [1.29, 1.82) is 0 Å². The van der Waals surface area contributed by atoms with E-state index >= 15 is 0 Å². The van der Waals surface area contributed by atoms with Crippen LogP contribution in [0.5, 0.6) is 0 Å². The SMILES string of the molecule is CCCN(C)CC1=C(C(=O)OCC)C(c2ccc(C(C)(C)C)cc2)NC(=O)N1C. The first-order valence-corrected chi connectivity index (χ1v) is 10.3. The van der Waals surface area contributed by atoms with Crippen molar-refractivity contribution >= 4 is 12.0 Å². The largest absolute Gasteiger partial charge is 0.463 e. The zero-order valence-corrected chi connectivity index (χ0v) is 18.8. The van der Waals surface area contributed by atoms with E-state index in [9.17, 15) is 9.59 Å². The highest BCUT2D eigenvalue weighted by Crippen LogP contribution is 2.32. The average Bonchev–Trinajstić information content (AvgIpc) is 2.65. The van der Waals surface area contributed by atoms with Crippen LogP contribution in [0.2, 0.25) is 0 Å². The first kappa shape index (κ1) is 22.9. The number of benzene rings is 1. The van der Waals surface area contributed by atoms with Crippen molar-refractivity contribution < 1.29 is 14.3 Å². The highest BCUT2D eigenvalue weighted by Gasteiger charge is 2.37. The highest BCUT2D eigenvalue weighted by atomic mass is 16.5. The molecule has 0 aromatic heterocycles.